The highest BCUT2D eigenvalue weighted by Crippen LogP contribution is 2.15. The summed E-state index contributed by atoms with van der Waals surface area (Å²) in [6.45, 7) is 1.54. The first-order valence-electron chi connectivity index (χ1n) is 7.12. The van der Waals surface area contributed by atoms with Crippen molar-refractivity contribution < 1.29 is 14.7 Å². The zero-order chi connectivity index (χ0) is 17.3. The third kappa shape index (κ3) is 2.89. The second-order valence-electron chi connectivity index (χ2n) is 5.29. The lowest BCUT2D eigenvalue weighted by atomic mass is 10.2. The Morgan fingerprint density at radius 1 is 1.33 bits per heavy atom. The second kappa shape index (κ2) is 5.99. The number of carbonyl (C=O) groups excluding carboxylic acids is 1. The molecule has 0 saturated carbocycles. The summed E-state index contributed by atoms with van der Waals surface area (Å²) in [6, 6.07) is 7.72. The van der Waals surface area contributed by atoms with Crippen LogP contribution < -0.4 is 10.9 Å². The Bertz CT molecular complexity index is 1000. The standard InChI is InChI=1S/C16H14N4O4/c1-9-6-11-14(18-9)17-8-20(15(11)22)7-13(21)19-12-5-3-2-4-10(12)16(23)24/h2-6,8,18H,7H2,1H3,(H,19,21)(H,23,24). The molecule has 1 amide bonds. The van der Waals surface area contributed by atoms with Gasteiger partial charge in [-0.05, 0) is 25.1 Å². The molecule has 0 unspecified atom stereocenters. The highest BCUT2D eigenvalue weighted by Gasteiger charge is 2.13. The van der Waals surface area contributed by atoms with Crippen LogP contribution in [0.15, 0.2) is 41.5 Å². The molecule has 0 saturated heterocycles. The van der Waals surface area contributed by atoms with Crippen LogP contribution in [-0.2, 0) is 11.3 Å². The van der Waals surface area contributed by atoms with Gasteiger partial charge in [0.15, 0.2) is 0 Å². The quantitative estimate of drug-likeness (QED) is 0.669. The maximum atomic E-state index is 12.3. The zero-order valence-electron chi connectivity index (χ0n) is 12.7. The van der Waals surface area contributed by atoms with Crippen LogP contribution in [-0.4, -0.2) is 31.5 Å². The molecule has 24 heavy (non-hydrogen) atoms. The molecular weight excluding hydrogens is 312 g/mol. The van der Waals surface area contributed by atoms with Crippen molar-refractivity contribution in [1.82, 2.24) is 14.5 Å². The highest BCUT2D eigenvalue weighted by atomic mass is 16.4. The Morgan fingerprint density at radius 2 is 2.08 bits per heavy atom. The maximum absolute atomic E-state index is 12.3. The van der Waals surface area contributed by atoms with Gasteiger partial charge < -0.3 is 15.4 Å². The third-order valence-electron chi connectivity index (χ3n) is 3.49. The first-order chi connectivity index (χ1) is 11.5. The Hall–Kier alpha value is -3.42. The normalized spacial score (nSPS) is 10.7. The summed E-state index contributed by atoms with van der Waals surface area (Å²) in [4.78, 5) is 42.7. The number of H-pyrrole nitrogens is 1. The molecule has 0 fully saturated rings. The van der Waals surface area contributed by atoms with Crippen molar-refractivity contribution in [3.05, 3.63) is 58.3 Å². The van der Waals surface area contributed by atoms with E-state index in [4.69, 9.17) is 5.11 Å². The number of carboxylic acids is 1. The van der Waals surface area contributed by atoms with Crippen molar-refractivity contribution in [3.8, 4) is 0 Å². The van der Waals surface area contributed by atoms with E-state index < -0.39 is 11.9 Å². The summed E-state index contributed by atoms with van der Waals surface area (Å²) in [7, 11) is 0. The molecule has 0 aliphatic heterocycles. The monoisotopic (exact) mass is 326 g/mol. The summed E-state index contributed by atoms with van der Waals surface area (Å²) in [5, 5.41) is 12.0. The Balaban J connectivity index is 1.84. The van der Waals surface area contributed by atoms with E-state index in [9.17, 15) is 14.4 Å². The van der Waals surface area contributed by atoms with E-state index in [0.29, 0.717) is 11.0 Å². The number of rotatable bonds is 4. The third-order valence-corrected chi connectivity index (χ3v) is 3.49. The number of aromatic nitrogens is 3. The van der Waals surface area contributed by atoms with Gasteiger partial charge >= 0.3 is 5.97 Å². The van der Waals surface area contributed by atoms with Crippen LogP contribution in [0.3, 0.4) is 0 Å². The molecule has 0 atom stereocenters. The fourth-order valence-corrected chi connectivity index (χ4v) is 2.41. The minimum absolute atomic E-state index is 0.0203. The van der Waals surface area contributed by atoms with Crippen molar-refractivity contribution in [2.24, 2.45) is 0 Å². The summed E-state index contributed by atoms with van der Waals surface area (Å²) in [6.07, 6.45) is 1.28. The largest absolute Gasteiger partial charge is 0.478 e. The van der Waals surface area contributed by atoms with Gasteiger partial charge in [0.25, 0.3) is 5.56 Å². The number of nitrogens with zero attached hydrogens (tertiary/aromatic N) is 2. The lowest BCUT2D eigenvalue weighted by molar-refractivity contribution is -0.116. The minimum Gasteiger partial charge on any atom is -0.478 e. The van der Waals surface area contributed by atoms with Crippen molar-refractivity contribution >= 4 is 28.6 Å². The van der Waals surface area contributed by atoms with E-state index in [1.807, 2.05) is 0 Å². The van der Waals surface area contributed by atoms with Gasteiger partial charge in [-0.3, -0.25) is 14.2 Å². The van der Waals surface area contributed by atoms with Crippen LogP contribution in [0.25, 0.3) is 11.0 Å². The van der Waals surface area contributed by atoms with E-state index in [0.717, 1.165) is 5.69 Å². The molecule has 2 aromatic heterocycles. The number of nitrogens with one attached hydrogen (secondary N) is 2. The lowest BCUT2D eigenvalue weighted by Crippen LogP contribution is -2.28. The molecule has 0 spiro atoms. The number of fused-ring (bicyclic) bond motifs is 1. The zero-order valence-corrected chi connectivity index (χ0v) is 12.7. The summed E-state index contributed by atoms with van der Waals surface area (Å²) in [5.41, 5.74) is 1.08. The lowest BCUT2D eigenvalue weighted by Gasteiger charge is -2.09. The number of hydrogen-bond donors (Lipinski definition) is 3. The number of anilines is 1. The number of aromatic amines is 1. The number of carboxylic acid groups (broad SMARTS) is 1. The van der Waals surface area contributed by atoms with E-state index in [-0.39, 0.29) is 23.4 Å². The fraction of sp³-hybridized carbons (Fsp3) is 0.125. The molecule has 1 aromatic carbocycles. The van der Waals surface area contributed by atoms with E-state index in [2.05, 4.69) is 15.3 Å². The van der Waals surface area contributed by atoms with Gasteiger partial charge in [-0.1, -0.05) is 12.1 Å². The predicted octanol–water partition coefficient (Wildman–Crippen LogP) is 1.37. The topological polar surface area (TPSA) is 117 Å². The number of hydrogen-bond acceptors (Lipinski definition) is 4. The van der Waals surface area contributed by atoms with E-state index in [1.54, 1.807) is 25.1 Å². The Morgan fingerprint density at radius 3 is 2.83 bits per heavy atom. The molecule has 0 aliphatic rings. The van der Waals surface area contributed by atoms with Gasteiger partial charge in [0.1, 0.15) is 18.5 Å². The number of benzene rings is 1. The van der Waals surface area contributed by atoms with Crippen LogP contribution >= 0.6 is 0 Å². The molecule has 122 valence electrons. The highest BCUT2D eigenvalue weighted by molar-refractivity contribution is 6.00. The van der Waals surface area contributed by atoms with E-state index >= 15 is 0 Å². The number of aromatic carboxylic acids is 1. The smallest absolute Gasteiger partial charge is 0.337 e. The van der Waals surface area contributed by atoms with E-state index in [1.165, 1.54) is 23.0 Å². The Kier molecular flexibility index (Phi) is 3.87. The molecule has 8 heteroatoms. The molecule has 3 rings (SSSR count). The molecule has 0 radical (unpaired) electrons. The van der Waals surface area contributed by atoms with Crippen molar-refractivity contribution in [1.29, 1.82) is 0 Å². The van der Waals surface area contributed by atoms with Gasteiger partial charge in [-0.25, -0.2) is 9.78 Å². The van der Waals surface area contributed by atoms with Gasteiger partial charge in [0.05, 0.1) is 16.6 Å². The Labute approximate surface area is 135 Å². The molecule has 3 aromatic rings. The maximum Gasteiger partial charge on any atom is 0.337 e. The number of carbonyl (C=O) groups is 2. The summed E-state index contributed by atoms with van der Waals surface area (Å²) < 4.78 is 1.17. The molecule has 0 bridgehead atoms. The number of aryl methyl sites for hydroxylation is 1. The average Bonchev–Trinajstić information content (AvgIpc) is 2.92. The van der Waals surface area contributed by atoms with Crippen LogP contribution in [0.1, 0.15) is 16.1 Å². The summed E-state index contributed by atoms with van der Waals surface area (Å²) >= 11 is 0. The van der Waals surface area contributed by atoms with Crippen LogP contribution in [0.4, 0.5) is 5.69 Å². The van der Waals surface area contributed by atoms with Crippen LogP contribution in [0.2, 0.25) is 0 Å². The first-order valence-corrected chi connectivity index (χ1v) is 7.12. The van der Waals surface area contributed by atoms with Gasteiger partial charge in [0, 0.05) is 5.69 Å². The molecule has 8 nitrogen and oxygen atoms in total. The molecule has 0 aliphatic carbocycles. The van der Waals surface area contributed by atoms with Crippen molar-refractivity contribution in [2.75, 3.05) is 5.32 Å². The SMILES string of the molecule is Cc1cc2c(=O)n(CC(=O)Nc3ccccc3C(=O)O)cnc2[nH]1. The van der Waals surface area contributed by atoms with Crippen molar-refractivity contribution in [3.63, 3.8) is 0 Å². The predicted molar refractivity (Wildman–Crippen MR) is 87.1 cm³/mol. The minimum atomic E-state index is -1.14. The van der Waals surface area contributed by atoms with Crippen LogP contribution in [0, 0.1) is 6.92 Å². The molecule has 3 N–H and O–H groups in total. The van der Waals surface area contributed by atoms with Gasteiger partial charge in [-0.2, -0.15) is 0 Å². The van der Waals surface area contributed by atoms with Gasteiger partial charge in [0.2, 0.25) is 5.91 Å². The molecule has 2 heterocycles. The van der Waals surface area contributed by atoms with Gasteiger partial charge in [-0.15, -0.1) is 0 Å². The fourth-order valence-electron chi connectivity index (χ4n) is 2.41. The van der Waals surface area contributed by atoms with Crippen molar-refractivity contribution in [2.45, 2.75) is 13.5 Å². The number of amides is 1. The second-order valence-corrected chi connectivity index (χ2v) is 5.29. The van der Waals surface area contributed by atoms with Crippen LogP contribution in [0.5, 0.6) is 0 Å². The number of para-hydroxylation sites is 1. The summed E-state index contributed by atoms with van der Waals surface area (Å²) in [5.74, 6) is -1.66. The average molecular weight is 326 g/mol. The first kappa shape index (κ1) is 15.5. The molecular formula is C16H14N4O4.